The lowest BCUT2D eigenvalue weighted by Crippen LogP contribution is -2.75. The van der Waals surface area contributed by atoms with Crippen molar-refractivity contribution in [3.8, 4) is 11.5 Å². The lowest BCUT2D eigenvalue weighted by Gasteiger charge is -2.54. The molecule has 2 aromatic rings. The Labute approximate surface area is 165 Å². The van der Waals surface area contributed by atoms with Crippen LogP contribution in [0.2, 0.25) is 0 Å². The quantitative estimate of drug-likeness (QED) is 0.671. The Morgan fingerprint density at radius 1 is 1.17 bits per heavy atom. The van der Waals surface area contributed by atoms with Gasteiger partial charge in [0.1, 0.15) is 12.1 Å². The molecule has 10 nitrogen and oxygen atoms in total. The summed E-state index contributed by atoms with van der Waals surface area (Å²) in [6.45, 7) is 4.22. The number of nitrogens with one attached hydrogen (secondary N) is 2. The average Bonchev–Trinajstić information content (AvgIpc) is 3.20. The second-order valence-corrected chi connectivity index (χ2v) is 7.68. The van der Waals surface area contributed by atoms with Crippen LogP contribution in [-0.2, 0) is 20.7 Å². The summed E-state index contributed by atoms with van der Waals surface area (Å²) < 4.78 is 11.3. The summed E-state index contributed by atoms with van der Waals surface area (Å²) >= 11 is 0. The van der Waals surface area contributed by atoms with E-state index >= 15 is 0 Å². The molecule has 0 radical (unpaired) electrons. The van der Waals surface area contributed by atoms with Gasteiger partial charge < -0.3 is 14.1 Å². The number of anilines is 1. The van der Waals surface area contributed by atoms with Crippen molar-refractivity contribution in [1.82, 2.24) is 20.6 Å². The molecule has 29 heavy (non-hydrogen) atoms. The van der Waals surface area contributed by atoms with Crippen LogP contribution in [0.1, 0.15) is 19.4 Å². The molecule has 5 heterocycles. The van der Waals surface area contributed by atoms with Gasteiger partial charge in [-0.2, -0.15) is 0 Å². The minimum Gasteiger partial charge on any atom is -0.444 e. The van der Waals surface area contributed by atoms with Crippen molar-refractivity contribution in [3.63, 3.8) is 0 Å². The minimum absolute atomic E-state index is 0.0814. The Kier molecular flexibility index (Phi) is 3.75. The number of nitrogens with zero attached hydrogens (tertiary/aromatic N) is 3. The number of rotatable bonds is 1. The second-order valence-electron chi connectivity index (χ2n) is 7.68. The van der Waals surface area contributed by atoms with Gasteiger partial charge in [-0.25, -0.2) is 14.8 Å². The van der Waals surface area contributed by atoms with Crippen molar-refractivity contribution in [3.05, 3.63) is 30.3 Å². The summed E-state index contributed by atoms with van der Waals surface area (Å²) in [5.41, 5.74) is -0.167. The predicted octanol–water partition coefficient (Wildman–Crippen LogP) is 0.627. The topological polar surface area (TPSA) is 127 Å². The molecular formula is C19H19N5O5. The summed E-state index contributed by atoms with van der Waals surface area (Å²) in [6, 6.07) is 0.417. The number of aromatic nitrogens is 2. The number of oxazole rings is 1. The molecule has 5 rings (SSSR count). The van der Waals surface area contributed by atoms with Crippen LogP contribution >= 0.6 is 0 Å². The van der Waals surface area contributed by atoms with E-state index < -0.39 is 35.4 Å². The highest BCUT2D eigenvalue weighted by molar-refractivity contribution is 6.20. The molecule has 4 amide bonds. The van der Waals surface area contributed by atoms with E-state index in [1.54, 1.807) is 6.20 Å². The van der Waals surface area contributed by atoms with Crippen LogP contribution in [0.4, 0.5) is 10.6 Å². The lowest BCUT2D eigenvalue weighted by atomic mass is 9.67. The zero-order chi connectivity index (χ0) is 20.3. The number of ether oxygens (including phenoxy) is 1. The molecule has 0 aliphatic carbocycles. The number of urea groups is 1. The number of morpholine rings is 1. The van der Waals surface area contributed by atoms with Crippen molar-refractivity contribution in [2.45, 2.75) is 38.5 Å². The van der Waals surface area contributed by atoms with Crippen LogP contribution in [-0.4, -0.2) is 52.6 Å². The van der Waals surface area contributed by atoms with E-state index in [0.717, 1.165) is 0 Å². The van der Waals surface area contributed by atoms with Crippen LogP contribution in [0, 0.1) is 5.41 Å². The Hall–Kier alpha value is -3.27. The van der Waals surface area contributed by atoms with Crippen molar-refractivity contribution >= 4 is 23.7 Å². The highest BCUT2D eigenvalue weighted by atomic mass is 16.5. The fourth-order valence-corrected chi connectivity index (χ4v) is 4.79. The van der Waals surface area contributed by atoms with Crippen molar-refractivity contribution in [2.24, 2.45) is 5.41 Å². The number of imide groups is 2. The molecule has 2 aromatic heterocycles. The molecule has 2 fully saturated rings. The first-order valence-electron chi connectivity index (χ1n) is 9.38. The van der Waals surface area contributed by atoms with Gasteiger partial charge in [0.2, 0.25) is 17.7 Å². The Morgan fingerprint density at radius 3 is 2.62 bits per heavy atom. The monoisotopic (exact) mass is 397 g/mol. The third kappa shape index (κ3) is 2.48. The first-order chi connectivity index (χ1) is 13.9. The zero-order valence-corrected chi connectivity index (χ0v) is 15.8. The molecule has 1 spiro atoms. The summed E-state index contributed by atoms with van der Waals surface area (Å²) in [5, 5.41) is 4.53. The van der Waals surface area contributed by atoms with E-state index in [2.05, 4.69) is 20.6 Å². The Morgan fingerprint density at radius 2 is 1.93 bits per heavy atom. The number of amides is 4. The molecule has 3 aliphatic rings. The Balaban J connectivity index is 1.69. The number of hydrogen-bond acceptors (Lipinski definition) is 8. The number of fused-ring (bicyclic) bond motifs is 4. The van der Waals surface area contributed by atoms with E-state index in [1.807, 2.05) is 24.8 Å². The number of hydrogen-bond donors (Lipinski definition) is 2. The standard InChI is InChI=1S/C19H19N5O5/c1-9-8-24-13(10(2)29-9)19(16(25)22-18(27)23-17(19)26)6-11-5-12(7-21-14(11)24)15-20-3-4-28-15/h3-5,7,9-10,13H,6,8H2,1-2H3,(H2,22,23,25,26,27)/t9-,10+,13-/m1/s1. The molecular weight excluding hydrogens is 378 g/mol. The van der Waals surface area contributed by atoms with Gasteiger partial charge in [0.05, 0.1) is 30.0 Å². The molecule has 0 saturated carbocycles. The van der Waals surface area contributed by atoms with Gasteiger partial charge in [0.25, 0.3) is 0 Å². The molecule has 10 heteroatoms. The SMILES string of the molecule is C[C@@H]1CN2c3ncc(-c4ncco4)cc3CC3(C(=O)NC(=O)NC3=O)[C@H]2[C@H](C)O1. The predicted molar refractivity (Wildman–Crippen MR) is 98.7 cm³/mol. The smallest absolute Gasteiger partial charge is 0.328 e. The summed E-state index contributed by atoms with van der Waals surface area (Å²) in [7, 11) is 0. The van der Waals surface area contributed by atoms with Gasteiger partial charge in [-0.1, -0.05) is 0 Å². The van der Waals surface area contributed by atoms with Gasteiger partial charge in [0, 0.05) is 19.2 Å². The summed E-state index contributed by atoms with van der Waals surface area (Å²) in [6.07, 6.45) is 4.20. The zero-order valence-electron chi connectivity index (χ0n) is 15.8. The molecule has 3 aliphatic heterocycles. The van der Waals surface area contributed by atoms with Gasteiger partial charge in [-0.05, 0) is 25.5 Å². The van der Waals surface area contributed by atoms with E-state index in [-0.39, 0.29) is 12.5 Å². The molecule has 150 valence electrons. The largest absolute Gasteiger partial charge is 0.444 e. The maximum Gasteiger partial charge on any atom is 0.328 e. The van der Waals surface area contributed by atoms with Crippen LogP contribution in [0.5, 0.6) is 0 Å². The maximum absolute atomic E-state index is 13.1. The maximum atomic E-state index is 13.1. The van der Waals surface area contributed by atoms with Crippen LogP contribution in [0.15, 0.2) is 29.1 Å². The summed E-state index contributed by atoms with van der Waals surface area (Å²) in [4.78, 5) is 48.6. The van der Waals surface area contributed by atoms with Gasteiger partial charge in [-0.15, -0.1) is 0 Å². The lowest BCUT2D eigenvalue weighted by molar-refractivity contribution is -0.153. The van der Waals surface area contributed by atoms with E-state index in [0.29, 0.717) is 29.4 Å². The number of carbonyl (C=O) groups excluding carboxylic acids is 3. The fourth-order valence-electron chi connectivity index (χ4n) is 4.79. The van der Waals surface area contributed by atoms with Crippen molar-refractivity contribution < 1.29 is 23.5 Å². The molecule has 0 bridgehead atoms. The normalized spacial score (nSPS) is 27.9. The van der Waals surface area contributed by atoms with Gasteiger partial charge >= 0.3 is 6.03 Å². The van der Waals surface area contributed by atoms with Gasteiger partial charge in [-0.3, -0.25) is 20.2 Å². The molecule has 0 unspecified atom stereocenters. The van der Waals surface area contributed by atoms with E-state index in [9.17, 15) is 14.4 Å². The van der Waals surface area contributed by atoms with E-state index in [1.165, 1.54) is 12.5 Å². The molecule has 2 N–H and O–H groups in total. The first-order valence-corrected chi connectivity index (χ1v) is 9.38. The van der Waals surface area contributed by atoms with Crippen molar-refractivity contribution in [1.29, 1.82) is 0 Å². The minimum atomic E-state index is -1.52. The van der Waals surface area contributed by atoms with Gasteiger partial charge in [0.15, 0.2) is 5.41 Å². The van der Waals surface area contributed by atoms with Crippen molar-refractivity contribution in [2.75, 3.05) is 11.4 Å². The third-order valence-corrected chi connectivity index (χ3v) is 5.81. The second kappa shape index (κ2) is 6.11. The Bertz CT molecular complexity index is 1000. The highest BCUT2D eigenvalue weighted by Gasteiger charge is 2.63. The highest BCUT2D eigenvalue weighted by Crippen LogP contribution is 2.46. The molecule has 2 saturated heterocycles. The van der Waals surface area contributed by atoms with Crippen LogP contribution in [0.25, 0.3) is 11.5 Å². The number of carbonyl (C=O) groups is 3. The molecule has 3 atom stereocenters. The molecule has 0 aromatic carbocycles. The van der Waals surface area contributed by atoms with Crippen LogP contribution in [0.3, 0.4) is 0 Å². The van der Waals surface area contributed by atoms with E-state index in [4.69, 9.17) is 9.15 Å². The first kappa shape index (κ1) is 17.8. The number of pyridine rings is 1. The van der Waals surface area contributed by atoms with Crippen LogP contribution < -0.4 is 15.5 Å². The summed E-state index contributed by atoms with van der Waals surface area (Å²) in [5.74, 6) is -0.166. The third-order valence-electron chi connectivity index (χ3n) is 5.81. The number of barbiturate groups is 1. The average molecular weight is 397 g/mol. The fraction of sp³-hybridized carbons (Fsp3) is 0.421.